The molecule has 2 aliphatic carbocycles. The Balaban J connectivity index is 1.68. The largest absolute Gasteiger partial charge is 0.446 e. The lowest BCUT2D eigenvalue weighted by molar-refractivity contribution is -0.133. The predicted molar refractivity (Wildman–Crippen MR) is 89.7 cm³/mol. The van der Waals surface area contributed by atoms with E-state index in [2.05, 4.69) is 20.8 Å². The summed E-state index contributed by atoms with van der Waals surface area (Å²) in [7, 11) is 0. The molecule has 6 heteroatoms. The first-order valence-electron chi connectivity index (χ1n) is 8.62. The molecule has 0 aromatic heterocycles. The number of ketones is 1. The molecule has 0 N–H and O–H groups in total. The maximum Gasteiger partial charge on any atom is 0.410 e. The molecule has 23 heavy (non-hydrogen) atoms. The first kappa shape index (κ1) is 17.3. The molecule has 3 rings (SSSR count). The van der Waals surface area contributed by atoms with Crippen LogP contribution in [-0.2, 0) is 9.53 Å². The van der Waals surface area contributed by atoms with E-state index < -0.39 is 10.4 Å². The molecule has 1 saturated heterocycles. The molecule has 130 valence electrons. The summed E-state index contributed by atoms with van der Waals surface area (Å²) >= 11 is 12.2. The Hall–Kier alpha value is -0.480. The van der Waals surface area contributed by atoms with Crippen molar-refractivity contribution in [2.24, 2.45) is 23.7 Å². The lowest BCUT2D eigenvalue weighted by Gasteiger charge is -2.45. The Labute approximate surface area is 147 Å². The van der Waals surface area contributed by atoms with Crippen molar-refractivity contribution in [2.45, 2.75) is 62.9 Å². The highest BCUT2D eigenvalue weighted by Crippen LogP contribution is 2.51. The number of hydrogen-bond acceptors (Lipinski definition) is 3. The van der Waals surface area contributed by atoms with Crippen LogP contribution in [0.5, 0.6) is 0 Å². The zero-order valence-electron chi connectivity index (χ0n) is 13.9. The van der Waals surface area contributed by atoms with Crippen molar-refractivity contribution in [1.82, 2.24) is 4.90 Å². The summed E-state index contributed by atoms with van der Waals surface area (Å²) in [5, 5.41) is 0. The molecule has 0 radical (unpaired) electrons. The number of carbonyl (C=O) groups is 2. The second kappa shape index (κ2) is 6.11. The van der Waals surface area contributed by atoms with Crippen LogP contribution in [0.3, 0.4) is 0 Å². The maximum atomic E-state index is 12.6. The number of ether oxygens (including phenoxy) is 1. The van der Waals surface area contributed by atoms with E-state index >= 15 is 0 Å². The van der Waals surface area contributed by atoms with E-state index in [4.69, 9.17) is 27.9 Å². The SMILES string of the molecule is CC(C)[C@H]1CC[C@H](C)C[C@@H]1OC(=O)N1CC[C@H]2C(=O)C(Cl)(Cl)[C@H]21. The van der Waals surface area contributed by atoms with Gasteiger partial charge >= 0.3 is 6.09 Å². The third-order valence-electron chi connectivity index (χ3n) is 5.88. The van der Waals surface area contributed by atoms with Crippen LogP contribution in [0.25, 0.3) is 0 Å². The zero-order valence-corrected chi connectivity index (χ0v) is 15.4. The molecule has 0 aromatic carbocycles. The summed E-state index contributed by atoms with van der Waals surface area (Å²) in [6.45, 7) is 7.06. The van der Waals surface area contributed by atoms with Crippen LogP contribution in [0.15, 0.2) is 0 Å². The normalized spacial score (nSPS) is 39.1. The molecule has 3 aliphatic rings. The van der Waals surface area contributed by atoms with E-state index in [0.717, 1.165) is 12.8 Å². The summed E-state index contributed by atoms with van der Waals surface area (Å²) in [5.74, 6) is 1.07. The zero-order chi connectivity index (χ0) is 16.9. The van der Waals surface area contributed by atoms with Gasteiger partial charge in [0, 0.05) is 12.5 Å². The summed E-state index contributed by atoms with van der Waals surface area (Å²) in [6.07, 6.45) is 3.40. The molecule has 0 aromatic rings. The van der Waals surface area contributed by atoms with E-state index in [-0.39, 0.29) is 23.9 Å². The minimum Gasteiger partial charge on any atom is -0.446 e. The van der Waals surface area contributed by atoms with Gasteiger partial charge in [-0.05, 0) is 37.0 Å². The van der Waals surface area contributed by atoms with Gasteiger partial charge in [-0.25, -0.2) is 4.79 Å². The molecule has 1 aliphatic heterocycles. The number of hydrogen-bond donors (Lipinski definition) is 0. The van der Waals surface area contributed by atoms with Crippen LogP contribution >= 0.6 is 23.2 Å². The van der Waals surface area contributed by atoms with Gasteiger partial charge in [-0.1, -0.05) is 50.4 Å². The number of Topliss-reactive ketones (excluding diaryl/α,β-unsaturated/α-hetero) is 1. The van der Waals surface area contributed by atoms with E-state index in [1.165, 1.54) is 6.42 Å². The monoisotopic (exact) mass is 361 g/mol. The van der Waals surface area contributed by atoms with Gasteiger partial charge in [0.1, 0.15) is 6.10 Å². The summed E-state index contributed by atoms with van der Waals surface area (Å²) in [5.41, 5.74) is 0. The molecular formula is C17H25Cl2NO3. The van der Waals surface area contributed by atoms with Crippen LogP contribution in [0.4, 0.5) is 4.79 Å². The van der Waals surface area contributed by atoms with Gasteiger partial charge in [0.05, 0.1) is 6.04 Å². The number of rotatable bonds is 2. The molecule has 2 saturated carbocycles. The first-order chi connectivity index (χ1) is 10.7. The number of alkyl halides is 2. The van der Waals surface area contributed by atoms with Crippen molar-refractivity contribution in [3.05, 3.63) is 0 Å². The molecular weight excluding hydrogens is 337 g/mol. The Morgan fingerprint density at radius 1 is 1.30 bits per heavy atom. The molecule has 0 bridgehead atoms. The number of likely N-dealkylation sites (tertiary alicyclic amines) is 1. The van der Waals surface area contributed by atoms with Crippen molar-refractivity contribution in [3.8, 4) is 0 Å². The van der Waals surface area contributed by atoms with Crippen molar-refractivity contribution in [1.29, 1.82) is 0 Å². The third kappa shape index (κ3) is 2.86. The fraction of sp³-hybridized carbons (Fsp3) is 0.882. The van der Waals surface area contributed by atoms with Gasteiger partial charge < -0.3 is 9.64 Å². The van der Waals surface area contributed by atoms with Crippen LogP contribution in [0.2, 0.25) is 0 Å². The first-order valence-corrected chi connectivity index (χ1v) is 9.38. The second-order valence-electron chi connectivity index (χ2n) is 7.77. The predicted octanol–water partition coefficient (Wildman–Crippen LogP) is 4.03. The average molecular weight is 362 g/mol. The number of fused-ring (bicyclic) bond motifs is 1. The van der Waals surface area contributed by atoms with Crippen molar-refractivity contribution >= 4 is 35.1 Å². The molecule has 1 amide bonds. The van der Waals surface area contributed by atoms with Gasteiger partial charge in [-0.2, -0.15) is 0 Å². The molecule has 1 heterocycles. The van der Waals surface area contributed by atoms with E-state index in [0.29, 0.717) is 30.7 Å². The van der Waals surface area contributed by atoms with Gasteiger partial charge in [0.2, 0.25) is 0 Å². The Morgan fingerprint density at radius 3 is 2.65 bits per heavy atom. The van der Waals surface area contributed by atoms with Crippen LogP contribution < -0.4 is 0 Å². The quantitative estimate of drug-likeness (QED) is 0.697. The Morgan fingerprint density at radius 2 is 2.00 bits per heavy atom. The summed E-state index contributed by atoms with van der Waals surface area (Å²) in [6, 6.07) is -0.427. The van der Waals surface area contributed by atoms with Gasteiger partial charge in [0.15, 0.2) is 10.1 Å². The molecule has 0 unspecified atom stereocenters. The number of nitrogens with zero attached hydrogens (tertiary/aromatic N) is 1. The van der Waals surface area contributed by atoms with E-state index in [1.54, 1.807) is 4.90 Å². The standard InChI is InChI=1S/C17H25Cl2NO3/c1-9(2)11-5-4-10(3)8-13(11)23-16(22)20-7-6-12-14(20)17(18,19)15(12)21/h9-14H,4-8H2,1-3H3/t10-,11+,12+,13-,14-/m0/s1. The highest BCUT2D eigenvalue weighted by atomic mass is 35.5. The fourth-order valence-corrected chi connectivity index (χ4v) is 5.28. The second-order valence-corrected chi connectivity index (χ2v) is 9.15. The summed E-state index contributed by atoms with van der Waals surface area (Å²) in [4.78, 5) is 26.1. The maximum absolute atomic E-state index is 12.6. The van der Waals surface area contributed by atoms with E-state index in [1.807, 2.05) is 0 Å². The van der Waals surface area contributed by atoms with Crippen LogP contribution in [0.1, 0.15) is 46.5 Å². The minimum atomic E-state index is -1.46. The minimum absolute atomic E-state index is 0.0545. The van der Waals surface area contributed by atoms with Crippen molar-refractivity contribution in [2.75, 3.05) is 6.54 Å². The average Bonchev–Trinajstić information content (AvgIpc) is 2.89. The van der Waals surface area contributed by atoms with Crippen LogP contribution in [0, 0.1) is 23.7 Å². The molecule has 4 nitrogen and oxygen atoms in total. The van der Waals surface area contributed by atoms with Gasteiger partial charge in [-0.3, -0.25) is 4.79 Å². The van der Waals surface area contributed by atoms with Gasteiger partial charge in [0.25, 0.3) is 0 Å². The number of halogens is 2. The lowest BCUT2D eigenvalue weighted by Crippen LogP contribution is -2.64. The topological polar surface area (TPSA) is 46.6 Å². The third-order valence-corrected chi connectivity index (χ3v) is 6.70. The van der Waals surface area contributed by atoms with Gasteiger partial charge in [-0.15, -0.1) is 0 Å². The Kier molecular flexibility index (Phi) is 4.61. The Bertz CT molecular complexity index is 508. The summed E-state index contributed by atoms with van der Waals surface area (Å²) < 4.78 is 4.40. The van der Waals surface area contributed by atoms with Crippen molar-refractivity contribution in [3.63, 3.8) is 0 Å². The highest BCUT2D eigenvalue weighted by molar-refractivity contribution is 6.61. The smallest absolute Gasteiger partial charge is 0.410 e. The molecule has 5 atom stereocenters. The highest BCUT2D eigenvalue weighted by Gasteiger charge is 2.66. The fourth-order valence-electron chi connectivity index (χ4n) is 4.46. The number of carbonyl (C=O) groups excluding carboxylic acids is 2. The molecule has 0 spiro atoms. The number of amides is 1. The van der Waals surface area contributed by atoms with Crippen LogP contribution in [-0.4, -0.2) is 39.8 Å². The van der Waals surface area contributed by atoms with E-state index in [9.17, 15) is 9.59 Å². The van der Waals surface area contributed by atoms with Crippen molar-refractivity contribution < 1.29 is 14.3 Å². The lowest BCUT2D eigenvalue weighted by atomic mass is 9.75. The molecule has 3 fully saturated rings.